The maximum Gasteiger partial charge on any atom is 0.0880 e. The van der Waals surface area contributed by atoms with E-state index in [0.717, 1.165) is 31.1 Å². The Labute approximate surface area is 210 Å². The molecule has 4 rings (SSSR count). The highest BCUT2D eigenvalue weighted by Crippen LogP contribution is 2.75. The van der Waals surface area contributed by atoms with E-state index < -0.39 is 11.7 Å². The lowest BCUT2D eigenvalue weighted by atomic mass is 9.35. The van der Waals surface area contributed by atoms with Crippen molar-refractivity contribution in [2.45, 2.75) is 130 Å². The summed E-state index contributed by atoms with van der Waals surface area (Å²) in [5.74, 6) is 2.69. The summed E-state index contributed by atoms with van der Waals surface area (Å²) in [7, 11) is 1.68. The maximum absolute atomic E-state index is 10.9. The standard InChI is InChI=1S/C31H54O3/c1-20(10-13-26(33)28(4,5)34-9)21-14-18-30(7)22(21)11-12-24-29(6)17-16-25(32)27(2,3)23(29)15-19-31(24,30)8/h21-26,32-33H,1,10-19H2,2-9H3/t21-,22-,23?,24?,25+,26+,29+,30-,31-/m1/s1. The van der Waals surface area contributed by atoms with Crippen LogP contribution in [-0.4, -0.2) is 35.1 Å². The lowest BCUT2D eigenvalue weighted by molar-refractivity contribution is -0.220. The van der Waals surface area contributed by atoms with E-state index in [2.05, 4.69) is 41.2 Å². The molecule has 0 aromatic heterocycles. The van der Waals surface area contributed by atoms with Crippen LogP contribution in [0.4, 0.5) is 0 Å². The van der Waals surface area contributed by atoms with E-state index in [-0.39, 0.29) is 11.5 Å². The lowest BCUT2D eigenvalue weighted by Gasteiger charge is -2.69. The van der Waals surface area contributed by atoms with Crippen LogP contribution in [-0.2, 0) is 4.74 Å². The molecule has 3 heteroatoms. The molecule has 3 nitrogen and oxygen atoms in total. The van der Waals surface area contributed by atoms with Crippen molar-refractivity contribution in [2.75, 3.05) is 7.11 Å². The van der Waals surface area contributed by atoms with Gasteiger partial charge >= 0.3 is 0 Å². The van der Waals surface area contributed by atoms with E-state index in [1.165, 1.54) is 50.5 Å². The minimum absolute atomic E-state index is 0.0232. The highest BCUT2D eigenvalue weighted by Gasteiger charge is 2.68. The van der Waals surface area contributed by atoms with Gasteiger partial charge in [0.05, 0.1) is 17.8 Å². The number of allylic oxidation sites excluding steroid dienone is 1. The van der Waals surface area contributed by atoms with E-state index in [1.54, 1.807) is 7.11 Å². The molecule has 0 aliphatic heterocycles. The van der Waals surface area contributed by atoms with Crippen LogP contribution in [0.5, 0.6) is 0 Å². The Hall–Kier alpha value is -0.380. The van der Waals surface area contributed by atoms with Gasteiger partial charge in [0, 0.05) is 7.11 Å². The number of hydrogen-bond acceptors (Lipinski definition) is 3. The van der Waals surface area contributed by atoms with Crippen molar-refractivity contribution in [3.05, 3.63) is 12.2 Å². The summed E-state index contributed by atoms with van der Waals surface area (Å²) in [6.07, 6.45) is 11.0. The van der Waals surface area contributed by atoms with E-state index in [9.17, 15) is 10.2 Å². The highest BCUT2D eigenvalue weighted by molar-refractivity contribution is 5.20. The van der Waals surface area contributed by atoms with Crippen molar-refractivity contribution in [3.8, 4) is 0 Å². The quantitative estimate of drug-likeness (QED) is 0.402. The molecular formula is C31H54O3. The van der Waals surface area contributed by atoms with E-state index in [4.69, 9.17) is 4.74 Å². The summed E-state index contributed by atoms with van der Waals surface area (Å²) in [6, 6.07) is 0. The van der Waals surface area contributed by atoms with Gasteiger partial charge in [-0.05, 0) is 123 Å². The first-order valence-corrected chi connectivity index (χ1v) is 14.2. The molecule has 4 saturated carbocycles. The number of methoxy groups -OCH3 is 1. The van der Waals surface area contributed by atoms with Gasteiger partial charge in [-0.15, -0.1) is 0 Å². The van der Waals surface area contributed by atoms with Crippen molar-refractivity contribution in [2.24, 2.45) is 45.3 Å². The van der Waals surface area contributed by atoms with Crippen LogP contribution in [0.2, 0.25) is 0 Å². The zero-order chi connectivity index (χ0) is 25.3. The van der Waals surface area contributed by atoms with Crippen LogP contribution in [0.1, 0.15) is 113 Å². The van der Waals surface area contributed by atoms with Gasteiger partial charge in [-0.3, -0.25) is 0 Å². The van der Waals surface area contributed by atoms with Gasteiger partial charge in [-0.1, -0.05) is 46.8 Å². The van der Waals surface area contributed by atoms with Gasteiger partial charge in [0.25, 0.3) is 0 Å². The van der Waals surface area contributed by atoms with Gasteiger partial charge in [-0.25, -0.2) is 0 Å². The second-order valence-electron chi connectivity index (χ2n) is 14.7. The van der Waals surface area contributed by atoms with Crippen LogP contribution in [0.3, 0.4) is 0 Å². The molecule has 9 atom stereocenters. The first-order valence-electron chi connectivity index (χ1n) is 14.2. The molecule has 196 valence electrons. The first-order chi connectivity index (χ1) is 15.6. The minimum Gasteiger partial charge on any atom is -0.393 e. The molecule has 4 aliphatic rings. The monoisotopic (exact) mass is 474 g/mol. The van der Waals surface area contributed by atoms with Crippen molar-refractivity contribution in [3.63, 3.8) is 0 Å². The maximum atomic E-state index is 10.9. The van der Waals surface area contributed by atoms with Crippen molar-refractivity contribution in [1.29, 1.82) is 0 Å². The predicted octanol–water partition coefficient (Wildman–Crippen LogP) is 7.15. The molecule has 0 aromatic rings. The normalized spacial score (nSPS) is 46.8. The molecule has 0 aromatic carbocycles. The smallest absolute Gasteiger partial charge is 0.0880 e. The summed E-state index contributed by atoms with van der Waals surface area (Å²) in [4.78, 5) is 0. The SMILES string of the molecule is C=C(CC[C@H](O)C(C)(C)OC)[C@H]1CC[C@]2(C)[C@@H]1CCC1[C@@]3(C)CC[C@H](O)C(C)(C)C3CC[C@]12C. The number of rotatable bonds is 6. The summed E-state index contributed by atoms with van der Waals surface area (Å²) < 4.78 is 5.51. The van der Waals surface area contributed by atoms with Gasteiger partial charge in [0.1, 0.15) is 0 Å². The van der Waals surface area contributed by atoms with Gasteiger partial charge in [0.15, 0.2) is 0 Å². The van der Waals surface area contributed by atoms with E-state index >= 15 is 0 Å². The second-order valence-corrected chi connectivity index (χ2v) is 14.7. The largest absolute Gasteiger partial charge is 0.393 e. The molecule has 2 N–H and O–H groups in total. The number of fused-ring (bicyclic) bond motifs is 5. The van der Waals surface area contributed by atoms with Crippen LogP contribution >= 0.6 is 0 Å². The minimum atomic E-state index is -0.508. The molecule has 2 unspecified atom stereocenters. The Kier molecular flexibility index (Phi) is 6.74. The molecule has 4 fully saturated rings. The molecule has 0 radical (unpaired) electrons. The third-order valence-corrected chi connectivity index (χ3v) is 13.0. The molecule has 0 saturated heterocycles. The molecule has 0 amide bonds. The van der Waals surface area contributed by atoms with Gasteiger partial charge in [0.2, 0.25) is 0 Å². The summed E-state index contributed by atoms with van der Waals surface area (Å²) >= 11 is 0. The number of aliphatic hydroxyl groups is 2. The zero-order valence-corrected chi connectivity index (χ0v) is 23.5. The topological polar surface area (TPSA) is 49.7 Å². The predicted molar refractivity (Wildman–Crippen MR) is 140 cm³/mol. The second kappa shape index (κ2) is 8.59. The third-order valence-electron chi connectivity index (χ3n) is 13.0. The fraction of sp³-hybridized carbons (Fsp3) is 0.935. The number of aliphatic hydroxyl groups excluding tert-OH is 2. The molecular weight excluding hydrogens is 420 g/mol. The van der Waals surface area contributed by atoms with Crippen LogP contribution in [0.25, 0.3) is 0 Å². The summed E-state index contributed by atoms with van der Waals surface area (Å²) in [5, 5.41) is 21.5. The Morgan fingerprint density at radius 3 is 2.24 bits per heavy atom. The van der Waals surface area contributed by atoms with Crippen LogP contribution in [0.15, 0.2) is 12.2 Å². The Bertz CT molecular complexity index is 786. The fourth-order valence-corrected chi connectivity index (χ4v) is 10.2. The first kappa shape index (κ1) is 26.7. The molecule has 0 bridgehead atoms. The highest BCUT2D eigenvalue weighted by atomic mass is 16.5. The molecule has 0 heterocycles. The molecule has 34 heavy (non-hydrogen) atoms. The van der Waals surface area contributed by atoms with Gasteiger partial charge in [-0.2, -0.15) is 0 Å². The Morgan fingerprint density at radius 2 is 1.59 bits per heavy atom. The molecule has 4 aliphatic carbocycles. The zero-order valence-electron chi connectivity index (χ0n) is 23.5. The van der Waals surface area contributed by atoms with Crippen molar-refractivity contribution >= 4 is 0 Å². The number of hydrogen-bond donors (Lipinski definition) is 2. The lowest BCUT2D eigenvalue weighted by Crippen LogP contribution is -2.63. The van der Waals surface area contributed by atoms with Crippen LogP contribution < -0.4 is 0 Å². The van der Waals surface area contributed by atoms with Crippen molar-refractivity contribution < 1.29 is 14.9 Å². The van der Waals surface area contributed by atoms with E-state index in [0.29, 0.717) is 28.1 Å². The average Bonchev–Trinajstić information content (AvgIpc) is 3.13. The van der Waals surface area contributed by atoms with Crippen LogP contribution in [0, 0.1) is 45.3 Å². The van der Waals surface area contributed by atoms with Crippen molar-refractivity contribution in [1.82, 2.24) is 0 Å². The fourth-order valence-electron chi connectivity index (χ4n) is 10.2. The average molecular weight is 475 g/mol. The van der Waals surface area contributed by atoms with E-state index in [1.807, 2.05) is 13.8 Å². The number of ether oxygens (including phenoxy) is 1. The summed E-state index contributed by atoms with van der Waals surface area (Å²) in [6.45, 7) is 21.1. The van der Waals surface area contributed by atoms with Gasteiger partial charge < -0.3 is 14.9 Å². The Balaban J connectivity index is 1.53. The Morgan fingerprint density at radius 1 is 0.941 bits per heavy atom. The third kappa shape index (κ3) is 3.69. The molecule has 0 spiro atoms. The summed E-state index contributed by atoms with van der Waals surface area (Å²) in [5.41, 5.74) is 1.95.